The lowest BCUT2D eigenvalue weighted by molar-refractivity contribution is -0.149. The van der Waals surface area contributed by atoms with E-state index in [4.69, 9.17) is 28.4 Å². The van der Waals surface area contributed by atoms with Gasteiger partial charge in [-0.15, -0.1) is 0 Å². The van der Waals surface area contributed by atoms with Crippen molar-refractivity contribution in [3.8, 4) is 23.0 Å². The second-order valence-electron chi connectivity index (χ2n) is 14.0. The van der Waals surface area contributed by atoms with Crippen molar-refractivity contribution in [3.63, 3.8) is 0 Å². The molecule has 4 rings (SSSR count). The lowest BCUT2D eigenvalue weighted by Gasteiger charge is -2.28. The third-order valence-corrected chi connectivity index (χ3v) is 8.50. The number of rotatable bonds is 18. The van der Waals surface area contributed by atoms with Gasteiger partial charge in [-0.2, -0.15) is 0 Å². The number of ether oxygens (including phenoxy) is 6. The number of esters is 5. The molecule has 0 fully saturated rings. The Morgan fingerprint density at radius 1 is 0.625 bits per heavy atom. The zero-order chi connectivity index (χ0) is 41.0. The van der Waals surface area contributed by atoms with Crippen LogP contribution in [0, 0.1) is 12.3 Å². The zero-order valence-corrected chi connectivity index (χ0v) is 32.4. The Hall–Kier alpha value is -6.49. The second-order valence-corrected chi connectivity index (χ2v) is 14.0. The lowest BCUT2D eigenvalue weighted by Crippen LogP contribution is -2.33. The number of hydrogen-bond donors (Lipinski definition) is 0. The van der Waals surface area contributed by atoms with Gasteiger partial charge in [0.25, 0.3) is 0 Å². The summed E-state index contributed by atoms with van der Waals surface area (Å²) in [6.45, 7) is 19.3. The topological polar surface area (TPSA) is 141 Å². The Morgan fingerprint density at radius 3 is 1.80 bits per heavy atom. The predicted molar refractivity (Wildman–Crippen MR) is 211 cm³/mol. The molecular formula is C45H46O11. The van der Waals surface area contributed by atoms with Gasteiger partial charge in [0.05, 0.1) is 12.2 Å². The summed E-state index contributed by atoms with van der Waals surface area (Å²) >= 11 is 0. The van der Waals surface area contributed by atoms with Gasteiger partial charge in [-0.1, -0.05) is 50.9 Å². The number of hydrogen-bond acceptors (Lipinski definition) is 11. The molecule has 292 valence electrons. The van der Waals surface area contributed by atoms with Crippen LogP contribution in [0.25, 0.3) is 10.8 Å². The van der Waals surface area contributed by atoms with Gasteiger partial charge in [0.2, 0.25) is 0 Å². The van der Waals surface area contributed by atoms with Crippen molar-refractivity contribution in [1.29, 1.82) is 0 Å². The van der Waals surface area contributed by atoms with Gasteiger partial charge in [-0.3, -0.25) is 4.79 Å². The maximum atomic E-state index is 12.8. The number of aryl methyl sites for hydroxylation is 2. The van der Waals surface area contributed by atoms with Crippen LogP contribution in [0.3, 0.4) is 0 Å². The number of benzene rings is 4. The van der Waals surface area contributed by atoms with Gasteiger partial charge in [-0.05, 0) is 117 Å². The predicted octanol–water partition coefficient (Wildman–Crippen LogP) is 8.40. The molecule has 0 spiro atoms. The van der Waals surface area contributed by atoms with Crippen LogP contribution in [0.5, 0.6) is 23.0 Å². The van der Waals surface area contributed by atoms with E-state index in [9.17, 15) is 24.0 Å². The molecule has 11 heteroatoms. The van der Waals surface area contributed by atoms with Crippen molar-refractivity contribution in [2.24, 2.45) is 5.41 Å². The molecule has 0 unspecified atom stereocenters. The second kappa shape index (κ2) is 19.2. The highest BCUT2D eigenvalue weighted by molar-refractivity contribution is 5.92. The first kappa shape index (κ1) is 42.3. The van der Waals surface area contributed by atoms with Crippen LogP contribution < -0.4 is 18.9 Å². The van der Waals surface area contributed by atoms with Crippen LogP contribution in [-0.4, -0.2) is 49.7 Å². The Labute approximate surface area is 326 Å². The Bertz CT molecular complexity index is 2130. The van der Waals surface area contributed by atoms with Crippen LogP contribution >= 0.6 is 0 Å². The van der Waals surface area contributed by atoms with E-state index < -0.39 is 35.3 Å². The normalized spacial score (nSPS) is 10.9. The van der Waals surface area contributed by atoms with Crippen molar-refractivity contribution in [1.82, 2.24) is 0 Å². The Morgan fingerprint density at radius 2 is 1.20 bits per heavy atom. The Kier molecular flexibility index (Phi) is 14.5. The molecule has 0 saturated heterocycles. The fourth-order valence-corrected chi connectivity index (χ4v) is 5.08. The summed E-state index contributed by atoms with van der Waals surface area (Å²) in [5.41, 5.74) is 1.91. The molecular weight excluding hydrogens is 716 g/mol. The van der Waals surface area contributed by atoms with Crippen LogP contribution in [0.2, 0.25) is 0 Å². The first-order chi connectivity index (χ1) is 26.5. The summed E-state index contributed by atoms with van der Waals surface area (Å²) in [7, 11) is 0. The third kappa shape index (κ3) is 12.5. The maximum Gasteiger partial charge on any atom is 0.343 e. The standard InChI is InChI=1S/C45H46O11/c1-28(2)41(47)52-26-45(8,27-53-42(48)29(3)4)21-22-51-37-17-14-34-24-32(9-11-35(34)25-37)10-20-40(46)56-39-19-18-38(23-31(39)7)55-44(50)33-12-15-36(16-13-33)54-43(49)30(5)6/h9,11-19,23-25H,1,3,5,10,20-22,26-27H2,2,4,6-8H3. The fraction of sp³-hybridized carbons (Fsp3) is 0.267. The van der Waals surface area contributed by atoms with Gasteiger partial charge in [0.1, 0.15) is 36.2 Å². The molecule has 0 atom stereocenters. The molecule has 0 amide bonds. The molecule has 0 aliphatic rings. The average Bonchev–Trinajstić information content (AvgIpc) is 3.16. The fourth-order valence-electron chi connectivity index (χ4n) is 5.08. The summed E-state index contributed by atoms with van der Waals surface area (Å²) in [4.78, 5) is 61.2. The number of carbonyl (C=O) groups excluding carboxylic acids is 5. The summed E-state index contributed by atoms with van der Waals surface area (Å²) in [5.74, 6) is -1.09. The molecule has 4 aromatic rings. The van der Waals surface area contributed by atoms with E-state index in [2.05, 4.69) is 19.7 Å². The molecule has 0 aromatic heterocycles. The first-order valence-electron chi connectivity index (χ1n) is 17.8. The molecule has 0 N–H and O–H groups in total. The molecule has 4 aromatic carbocycles. The van der Waals surface area contributed by atoms with Gasteiger partial charge < -0.3 is 28.4 Å². The minimum atomic E-state index is -0.707. The van der Waals surface area contributed by atoms with Crippen LogP contribution in [0.1, 0.15) is 62.0 Å². The SMILES string of the molecule is C=C(C)C(=O)OCC(C)(CCOc1ccc2cc(CCC(=O)Oc3ccc(OC(=O)c4ccc(OC(=O)C(=C)C)cc4)cc3C)ccc2c1)COC(=O)C(=C)C. The van der Waals surface area contributed by atoms with Gasteiger partial charge in [-0.25, -0.2) is 19.2 Å². The van der Waals surface area contributed by atoms with Crippen LogP contribution in [0.4, 0.5) is 0 Å². The molecule has 11 nitrogen and oxygen atoms in total. The summed E-state index contributed by atoms with van der Waals surface area (Å²) < 4.78 is 33.0. The van der Waals surface area contributed by atoms with Crippen molar-refractivity contribution < 1.29 is 52.4 Å². The van der Waals surface area contributed by atoms with Crippen molar-refractivity contribution in [3.05, 3.63) is 132 Å². The molecule has 56 heavy (non-hydrogen) atoms. The molecule has 0 aliphatic carbocycles. The lowest BCUT2D eigenvalue weighted by atomic mass is 9.89. The summed E-state index contributed by atoms with van der Waals surface area (Å²) in [6, 6.07) is 22.3. The van der Waals surface area contributed by atoms with E-state index in [-0.39, 0.29) is 60.0 Å². The van der Waals surface area contributed by atoms with Crippen LogP contribution in [0.15, 0.2) is 115 Å². The third-order valence-electron chi connectivity index (χ3n) is 8.50. The number of carbonyl (C=O) groups is 5. The number of fused-ring (bicyclic) bond motifs is 1. The van der Waals surface area contributed by atoms with E-state index >= 15 is 0 Å². The minimum Gasteiger partial charge on any atom is -0.494 e. The molecule has 0 heterocycles. The molecule has 0 bridgehead atoms. The Balaban J connectivity index is 1.27. The quantitative estimate of drug-likeness (QED) is 0.0548. The largest absolute Gasteiger partial charge is 0.494 e. The highest BCUT2D eigenvalue weighted by atomic mass is 16.6. The highest BCUT2D eigenvalue weighted by Crippen LogP contribution is 2.28. The molecule has 0 saturated carbocycles. The van der Waals surface area contributed by atoms with E-state index in [1.165, 1.54) is 31.2 Å². The van der Waals surface area contributed by atoms with Gasteiger partial charge in [0, 0.05) is 28.6 Å². The van der Waals surface area contributed by atoms with E-state index in [0.717, 1.165) is 16.3 Å². The van der Waals surface area contributed by atoms with E-state index in [1.54, 1.807) is 39.0 Å². The minimum absolute atomic E-state index is 0.0133. The van der Waals surface area contributed by atoms with Crippen molar-refractivity contribution in [2.75, 3.05) is 19.8 Å². The first-order valence-corrected chi connectivity index (χ1v) is 17.8. The van der Waals surface area contributed by atoms with Crippen molar-refractivity contribution >= 4 is 40.6 Å². The smallest absolute Gasteiger partial charge is 0.343 e. The highest BCUT2D eigenvalue weighted by Gasteiger charge is 2.29. The van der Waals surface area contributed by atoms with Crippen LogP contribution in [-0.2, 0) is 35.1 Å². The molecule has 0 radical (unpaired) electrons. The van der Waals surface area contributed by atoms with Crippen molar-refractivity contribution in [2.45, 2.75) is 53.9 Å². The van der Waals surface area contributed by atoms with Gasteiger partial charge in [0.15, 0.2) is 0 Å². The maximum absolute atomic E-state index is 12.8. The summed E-state index contributed by atoms with van der Waals surface area (Å²) in [5, 5.41) is 1.91. The van der Waals surface area contributed by atoms with Gasteiger partial charge >= 0.3 is 29.8 Å². The van der Waals surface area contributed by atoms with E-state index in [1.807, 2.05) is 43.3 Å². The monoisotopic (exact) mass is 762 g/mol. The average molecular weight is 763 g/mol. The zero-order valence-electron chi connectivity index (χ0n) is 32.4. The molecule has 0 aliphatic heterocycles. The van der Waals surface area contributed by atoms with E-state index in [0.29, 0.717) is 29.9 Å². The summed E-state index contributed by atoms with van der Waals surface area (Å²) in [6.07, 6.45) is 1.03.